The van der Waals surface area contributed by atoms with Gasteiger partial charge in [0, 0.05) is 24.2 Å². The number of nitrogens with zero attached hydrogens (tertiary/aromatic N) is 4. The molecule has 0 saturated carbocycles. The lowest BCUT2D eigenvalue weighted by Crippen LogP contribution is -2.14. The Kier molecular flexibility index (Phi) is 14.3. The monoisotopic (exact) mass is 490 g/mol. The van der Waals surface area contributed by atoms with Crippen LogP contribution in [-0.2, 0) is 0 Å². The van der Waals surface area contributed by atoms with Crippen molar-refractivity contribution in [1.82, 2.24) is 15.0 Å². The molecule has 0 aliphatic carbocycles. The predicted octanol–water partition coefficient (Wildman–Crippen LogP) is 8.25. The minimum absolute atomic E-state index is 0.258. The number of anilines is 2. The van der Waals surface area contributed by atoms with Crippen LogP contribution in [0.1, 0.15) is 90.9 Å². The highest BCUT2D eigenvalue weighted by atomic mass is 32.2. The zero-order chi connectivity index (χ0) is 23.7. The van der Waals surface area contributed by atoms with Crippen LogP contribution in [0.15, 0.2) is 34.6 Å². The number of phenols is 1. The van der Waals surface area contributed by atoms with E-state index in [-0.39, 0.29) is 5.75 Å². The van der Waals surface area contributed by atoms with E-state index >= 15 is 0 Å². The van der Waals surface area contributed by atoms with Gasteiger partial charge in [-0.1, -0.05) is 102 Å². The highest BCUT2D eigenvalue weighted by Gasteiger charge is 2.13. The minimum Gasteiger partial charge on any atom is -0.508 e. The average molecular weight is 491 g/mol. The second-order valence-electron chi connectivity index (χ2n) is 8.51. The molecular formula is C26H42N4OS2. The van der Waals surface area contributed by atoms with Crippen LogP contribution in [-0.4, -0.2) is 38.6 Å². The number of phenolic OH excluding ortho intramolecular Hbond substituents is 1. The summed E-state index contributed by atoms with van der Waals surface area (Å²) in [6, 6.07) is 7.14. The number of rotatable bonds is 18. The van der Waals surface area contributed by atoms with Crippen LogP contribution < -0.4 is 4.90 Å². The molecule has 1 heterocycles. The first kappa shape index (κ1) is 27.8. The second-order valence-corrected chi connectivity index (χ2v) is 10.6. The quantitative estimate of drug-likeness (QED) is 0.167. The number of aromatic nitrogens is 3. The van der Waals surface area contributed by atoms with Gasteiger partial charge < -0.3 is 10.0 Å². The maximum atomic E-state index is 9.61. The minimum atomic E-state index is 0.258. The number of hydrogen-bond donors (Lipinski definition) is 1. The van der Waals surface area contributed by atoms with Gasteiger partial charge in [-0.15, -0.1) is 0 Å². The van der Waals surface area contributed by atoms with E-state index < -0.39 is 0 Å². The van der Waals surface area contributed by atoms with Gasteiger partial charge in [-0.05, 0) is 37.1 Å². The Morgan fingerprint density at radius 1 is 0.667 bits per heavy atom. The Hall–Kier alpha value is -1.47. The van der Waals surface area contributed by atoms with Crippen LogP contribution >= 0.6 is 23.5 Å². The van der Waals surface area contributed by atoms with Gasteiger partial charge in [0.25, 0.3) is 0 Å². The Balaban J connectivity index is 1.96. The highest BCUT2D eigenvalue weighted by Crippen LogP contribution is 2.27. The molecule has 0 unspecified atom stereocenters. The number of unbranched alkanes of at least 4 members (excludes halogenated alkanes) is 10. The normalized spacial score (nSPS) is 11.1. The molecule has 2 aromatic rings. The molecule has 33 heavy (non-hydrogen) atoms. The van der Waals surface area contributed by atoms with Crippen LogP contribution in [0, 0.1) is 0 Å². The first-order valence-electron chi connectivity index (χ1n) is 12.7. The van der Waals surface area contributed by atoms with Gasteiger partial charge in [0.1, 0.15) is 5.75 Å². The molecule has 1 aromatic heterocycles. The zero-order valence-electron chi connectivity index (χ0n) is 20.8. The molecule has 0 spiro atoms. The van der Waals surface area contributed by atoms with Crippen molar-refractivity contribution < 1.29 is 5.11 Å². The van der Waals surface area contributed by atoms with Crippen molar-refractivity contribution in [1.29, 1.82) is 0 Å². The van der Waals surface area contributed by atoms with E-state index in [1.807, 2.05) is 24.1 Å². The Morgan fingerprint density at radius 2 is 1.12 bits per heavy atom. The molecule has 184 valence electrons. The largest absolute Gasteiger partial charge is 0.508 e. The summed E-state index contributed by atoms with van der Waals surface area (Å²) in [4.78, 5) is 16.2. The Morgan fingerprint density at radius 3 is 1.61 bits per heavy atom. The molecule has 5 nitrogen and oxygen atoms in total. The summed E-state index contributed by atoms with van der Waals surface area (Å²) >= 11 is 3.48. The van der Waals surface area contributed by atoms with Gasteiger partial charge >= 0.3 is 0 Å². The highest BCUT2D eigenvalue weighted by molar-refractivity contribution is 7.99. The molecule has 0 aliphatic rings. The summed E-state index contributed by atoms with van der Waals surface area (Å²) in [7, 11) is 1.96. The summed E-state index contributed by atoms with van der Waals surface area (Å²) < 4.78 is 0. The lowest BCUT2D eigenvalue weighted by Gasteiger charge is -2.18. The van der Waals surface area contributed by atoms with Crippen molar-refractivity contribution in [3.05, 3.63) is 24.3 Å². The molecule has 7 heteroatoms. The van der Waals surface area contributed by atoms with Gasteiger partial charge in [-0.25, -0.2) is 0 Å². The molecule has 0 aliphatic heterocycles. The Labute approximate surface area is 209 Å². The third-order valence-corrected chi connectivity index (χ3v) is 7.44. The third-order valence-electron chi connectivity index (χ3n) is 5.58. The van der Waals surface area contributed by atoms with Gasteiger partial charge in [0.05, 0.1) is 0 Å². The molecule has 0 bridgehead atoms. The second kappa shape index (κ2) is 17.0. The number of hydrogen-bond acceptors (Lipinski definition) is 7. The van der Waals surface area contributed by atoms with Crippen molar-refractivity contribution in [2.75, 3.05) is 23.5 Å². The topological polar surface area (TPSA) is 62.1 Å². The fraction of sp³-hybridized carbons (Fsp3) is 0.654. The smallest absolute Gasteiger partial charge is 0.234 e. The van der Waals surface area contributed by atoms with E-state index in [0.29, 0.717) is 5.95 Å². The summed E-state index contributed by atoms with van der Waals surface area (Å²) in [6.45, 7) is 4.51. The SMILES string of the molecule is CCCCCCCCSc1nc(SCCCCCCCC)nc(N(C)c2ccc(O)cc2)n1. The van der Waals surface area contributed by atoms with E-state index in [9.17, 15) is 5.11 Å². The first-order valence-corrected chi connectivity index (χ1v) is 14.7. The molecule has 0 radical (unpaired) electrons. The lowest BCUT2D eigenvalue weighted by molar-refractivity contribution is 0.475. The van der Waals surface area contributed by atoms with E-state index in [4.69, 9.17) is 15.0 Å². The summed E-state index contributed by atoms with van der Waals surface area (Å²) in [5.41, 5.74) is 0.942. The summed E-state index contributed by atoms with van der Waals surface area (Å²) in [5, 5.41) is 11.2. The molecular weight excluding hydrogens is 448 g/mol. The number of benzene rings is 1. The molecule has 0 amide bonds. The predicted molar refractivity (Wildman–Crippen MR) is 144 cm³/mol. The van der Waals surface area contributed by atoms with Crippen molar-refractivity contribution in [2.45, 2.75) is 101 Å². The van der Waals surface area contributed by atoms with Crippen molar-refractivity contribution >= 4 is 35.2 Å². The van der Waals surface area contributed by atoms with E-state index in [0.717, 1.165) is 27.5 Å². The van der Waals surface area contributed by atoms with E-state index in [1.165, 1.54) is 77.0 Å². The molecule has 0 saturated heterocycles. The zero-order valence-corrected chi connectivity index (χ0v) is 22.4. The fourth-order valence-corrected chi connectivity index (χ4v) is 5.20. The van der Waals surface area contributed by atoms with Crippen molar-refractivity contribution in [2.24, 2.45) is 0 Å². The third kappa shape index (κ3) is 11.5. The van der Waals surface area contributed by atoms with Crippen LogP contribution in [0.4, 0.5) is 11.6 Å². The standard InChI is InChI=1S/C26H42N4OS2/c1-4-6-8-10-12-14-20-32-25-27-24(30(3)22-16-18-23(31)19-17-22)28-26(29-25)33-21-15-13-11-9-7-5-2/h16-19,31H,4-15,20-21H2,1-3H3. The van der Waals surface area contributed by atoms with E-state index in [1.54, 1.807) is 35.7 Å². The molecule has 1 N–H and O–H groups in total. The number of thioether (sulfide) groups is 2. The van der Waals surface area contributed by atoms with Gasteiger partial charge in [-0.3, -0.25) is 0 Å². The first-order chi connectivity index (χ1) is 16.1. The van der Waals surface area contributed by atoms with Crippen LogP contribution in [0.5, 0.6) is 5.75 Å². The van der Waals surface area contributed by atoms with Gasteiger partial charge in [0.15, 0.2) is 10.3 Å². The summed E-state index contributed by atoms with van der Waals surface area (Å²) in [6.07, 6.45) is 15.5. The molecule has 1 aromatic carbocycles. The summed E-state index contributed by atoms with van der Waals surface area (Å²) in [5.74, 6) is 3.00. The fourth-order valence-electron chi connectivity index (χ4n) is 3.49. The van der Waals surface area contributed by atoms with Crippen molar-refractivity contribution in [3.8, 4) is 5.75 Å². The maximum Gasteiger partial charge on any atom is 0.234 e. The number of aromatic hydroxyl groups is 1. The lowest BCUT2D eigenvalue weighted by atomic mass is 10.1. The Bertz CT molecular complexity index is 737. The van der Waals surface area contributed by atoms with Crippen LogP contribution in [0.2, 0.25) is 0 Å². The molecule has 0 fully saturated rings. The average Bonchev–Trinajstić information content (AvgIpc) is 2.83. The van der Waals surface area contributed by atoms with Crippen LogP contribution in [0.25, 0.3) is 0 Å². The maximum absolute atomic E-state index is 9.61. The van der Waals surface area contributed by atoms with Gasteiger partial charge in [-0.2, -0.15) is 15.0 Å². The van der Waals surface area contributed by atoms with Crippen molar-refractivity contribution in [3.63, 3.8) is 0 Å². The molecule has 0 atom stereocenters. The van der Waals surface area contributed by atoms with Gasteiger partial charge in [0.2, 0.25) is 5.95 Å². The van der Waals surface area contributed by atoms with Crippen LogP contribution in [0.3, 0.4) is 0 Å². The van der Waals surface area contributed by atoms with E-state index in [2.05, 4.69) is 13.8 Å². The molecule has 2 rings (SSSR count).